The van der Waals surface area contributed by atoms with Gasteiger partial charge in [-0.15, -0.1) is 0 Å². The maximum atomic E-state index is 12.5. The Balaban J connectivity index is 1.54. The van der Waals surface area contributed by atoms with Crippen molar-refractivity contribution in [2.45, 2.75) is 20.0 Å². The molecule has 1 aliphatic rings. The van der Waals surface area contributed by atoms with Gasteiger partial charge in [0.25, 0.3) is 5.91 Å². The maximum Gasteiger partial charge on any atom is 0.322 e. The number of aromatic amines is 1. The Labute approximate surface area is 144 Å². The predicted octanol–water partition coefficient (Wildman–Crippen LogP) is 2.31. The molecule has 0 spiro atoms. The number of hydrogen-bond donors (Lipinski definition) is 1. The van der Waals surface area contributed by atoms with Crippen molar-refractivity contribution in [3.8, 4) is 0 Å². The summed E-state index contributed by atoms with van der Waals surface area (Å²) in [5.74, 6) is -0.173. The Morgan fingerprint density at radius 3 is 2.92 bits per heavy atom. The van der Waals surface area contributed by atoms with Crippen molar-refractivity contribution in [3.63, 3.8) is 0 Å². The van der Waals surface area contributed by atoms with Gasteiger partial charge in [0.15, 0.2) is 0 Å². The molecule has 1 aromatic carbocycles. The third-order valence-electron chi connectivity index (χ3n) is 4.34. The number of H-pyrrole nitrogens is 1. The van der Waals surface area contributed by atoms with Crippen LogP contribution in [-0.4, -0.2) is 45.6 Å². The van der Waals surface area contributed by atoms with Crippen LogP contribution in [0.2, 0.25) is 0 Å². The topological polar surface area (TPSA) is 101 Å². The van der Waals surface area contributed by atoms with Crippen molar-refractivity contribution in [2.24, 2.45) is 5.92 Å². The molecule has 2 aromatic rings. The SMILES string of the molecule is Cc1[nH]nc(C(=O)N2CC[C@H](COCc3ccccc3)C2)c1[N+](=O)[O-]. The third-order valence-corrected chi connectivity index (χ3v) is 4.34. The number of nitrogens with zero attached hydrogens (tertiary/aromatic N) is 3. The number of amides is 1. The quantitative estimate of drug-likeness (QED) is 0.640. The van der Waals surface area contributed by atoms with Crippen molar-refractivity contribution >= 4 is 11.6 Å². The third kappa shape index (κ3) is 3.85. The van der Waals surface area contributed by atoms with E-state index in [0.29, 0.717) is 26.3 Å². The zero-order valence-corrected chi connectivity index (χ0v) is 14.0. The highest BCUT2D eigenvalue weighted by molar-refractivity contribution is 5.96. The first-order valence-corrected chi connectivity index (χ1v) is 8.16. The smallest absolute Gasteiger partial charge is 0.322 e. The van der Waals surface area contributed by atoms with Gasteiger partial charge in [0, 0.05) is 19.0 Å². The van der Waals surface area contributed by atoms with E-state index in [9.17, 15) is 14.9 Å². The number of likely N-dealkylation sites (tertiary alicyclic amines) is 1. The van der Waals surface area contributed by atoms with Crippen LogP contribution in [-0.2, 0) is 11.3 Å². The fraction of sp³-hybridized carbons (Fsp3) is 0.412. The number of benzene rings is 1. The van der Waals surface area contributed by atoms with Gasteiger partial charge in [-0.05, 0) is 18.9 Å². The molecule has 3 rings (SSSR count). The number of nitro groups is 1. The number of nitrogens with one attached hydrogen (secondary N) is 1. The zero-order chi connectivity index (χ0) is 17.8. The maximum absolute atomic E-state index is 12.5. The summed E-state index contributed by atoms with van der Waals surface area (Å²) in [5.41, 5.74) is 1.04. The minimum Gasteiger partial charge on any atom is -0.376 e. The first kappa shape index (κ1) is 17.1. The van der Waals surface area contributed by atoms with Crippen molar-refractivity contribution in [3.05, 3.63) is 57.4 Å². The highest BCUT2D eigenvalue weighted by Crippen LogP contribution is 2.25. The number of carbonyl (C=O) groups excluding carboxylic acids is 1. The normalized spacial score (nSPS) is 17.0. The lowest BCUT2D eigenvalue weighted by Crippen LogP contribution is -2.30. The second-order valence-electron chi connectivity index (χ2n) is 6.21. The molecule has 1 fully saturated rings. The van der Waals surface area contributed by atoms with Crippen molar-refractivity contribution in [1.82, 2.24) is 15.1 Å². The first-order valence-electron chi connectivity index (χ1n) is 8.16. The lowest BCUT2D eigenvalue weighted by atomic mass is 10.1. The zero-order valence-electron chi connectivity index (χ0n) is 14.0. The molecule has 1 N–H and O–H groups in total. The van der Waals surface area contributed by atoms with Gasteiger partial charge in [0.05, 0.1) is 18.1 Å². The number of ether oxygens (including phenoxy) is 1. The molecule has 0 radical (unpaired) electrons. The Bertz CT molecular complexity index is 759. The Kier molecular flexibility index (Phi) is 5.08. The molecule has 1 amide bonds. The number of carbonyl (C=O) groups is 1. The predicted molar refractivity (Wildman–Crippen MR) is 90.1 cm³/mol. The average molecular weight is 344 g/mol. The van der Waals surface area contributed by atoms with Gasteiger partial charge >= 0.3 is 5.69 Å². The minimum absolute atomic E-state index is 0.117. The molecule has 8 heteroatoms. The van der Waals surface area contributed by atoms with E-state index in [1.54, 1.807) is 4.90 Å². The average Bonchev–Trinajstić information content (AvgIpc) is 3.22. The second kappa shape index (κ2) is 7.43. The van der Waals surface area contributed by atoms with Gasteiger partial charge in [-0.1, -0.05) is 30.3 Å². The molecule has 1 aliphatic heterocycles. The van der Waals surface area contributed by atoms with E-state index in [1.807, 2.05) is 30.3 Å². The fourth-order valence-electron chi connectivity index (χ4n) is 3.02. The molecule has 2 heterocycles. The van der Waals surface area contributed by atoms with Crippen molar-refractivity contribution < 1.29 is 14.5 Å². The standard InChI is InChI=1S/C17H20N4O4/c1-12-16(21(23)24)15(19-18-12)17(22)20-8-7-14(9-20)11-25-10-13-5-3-2-4-6-13/h2-6,14H,7-11H2,1H3,(H,18,19)/t14-/m0/s1. The van der Waals surface area contributed by atoms with E-state index < -0.39 is 10.8 Å². The summed E-state index contributed by atoms with van der Waals surface area (Å²) >= 11 is 0. The molecule has 1 atom stereocenters. The molecule has 0 unspecified atom stereocenters. The van der Waals surface area contributed by atoms with Crippen LogP contribution in [0.25, 0.3) is 0 Å². The number of hydrogen-bond acceptors (Lipinski definition) is 5. The largest absolute Gasteiger partial charge is 0.376 e. The summed E-state index contributed by atoms with van der Waals surface area (Å²) in [6, 6.07) is 9.90. The lowest BCUT2D eigenvalue weighted by molar-refractivity contribution is -0.385. The van der Waals surface area contributed by atoms with Gasteiger partial charge in [0.2, 0.25) is 5.69 Å². The highest BCUT2D eigenvalue weighted by Gasteiger charge is 2.34. The Hall–Kier alpha value is -2.74. The van der Waals surface area contributed by atoms with Gasteiger partial charge in [-0.25, -0.2) is 0 Å². The second-order valence-corrected chi connectivity index (χ2v) is 6.21. The van der Waals surface area contributed by atoms with E-state index in [0.717, 1.165) is 12.0 Å². The van der Waals surface area contributed by atoms with Crippen LogP contribution < -0.4 is 0 Å². The monoisotopic (exact) mass is 344 g/mol. The van der Waals surface area contributed by atoms with Gasteiger partial charge in [-0.3, -0.25) is 20.0 Å². The summed E-state index contributed by atoms with van der Waals surface area (Å²) in [4.78, 5) is 24.7. The number of aromatic nitrogens is 2. The fourth-order valence-corrected chi connectivity index (χ4v) is 3.02. The van der Waals surface area contributed by atoms with Crippen LogP contribution in [0.4, 0.5) is 5.69 Å². The van der Waals surface area contributed by atoms with Gasteiger partial charge in [0.1, 0.15) is 5.69 Å². The summed E-state index contributed by atoms with van der Waals surface area (Å²) in [6.07, 6.45) is 0.817. The highest BCUT2D eigenvalue weighted by atomic mass is 16.6. The summed E-state index contributed by atoms with van der Waals surface area (Å²) in [6.45, 7) is 3.71. The van der Waals surface area contributed by atoms with Crippen LogP contribution >= 0.6 is 0 Å². The summed E-state index contributed by atoms with van der Waals surface area (Å²) in [7, 11) is 0. The van der Waals surface area contributed by atoms with Crippen LogP contribution in [0, 0.1) is 23.0 Å². The minimum atomic E-state index is -0.567. The van der Waals surface area contributed by atoms with Crippen molar-refractivity contribution in [2.75, 3.05) is 19.7 Å². The molecule has 1 saturated heterocycles. The molecule has 132 valence electrons. The van der Waals surface area contributed by atoms with E-state index in [4.69, 9.17) is 4.74 Å². The van der Waals surface area contributed by atoms with Crippen LogP contribution in [0.15, 0.2) is 30.3 Å². The van der Waals surface area contributed by atoms with E-state index in [2.05, 4.69) is 10.2 Å². The van der Waals surface area contributed by atoms with Gasteiger partial charge < -0.3 is 9.64 Å². The number of rotatable bonds is 6. The van der Waals surface area contributed by atoms with Crippen molar-refractivity contribution in [1.29, 1.82) is 0 Å². The Morgan fingerprint density at radius 1 is 1.44 bits per heavy atom. The molecule has 8 nitrogen and oxygen atoms in total. The Morgan fingerprint density at radius 2 is 2.20 bits per heavy atom. The lowest BCUT2D eigenvalue weighted by Gasteiger charge is -2.15. The molecule has 1 aromatic heterocycles. The molecule has 0 saturated carbocycles. The molecule has 0 aliphatic carbocycles. The summed E-state index contributed by atoms with van der Waals surface area (Å²) < 4.78 is 5.74. The summed E-state index contributed by atoms with van der Waals surface area (Å²) in [5, 5.41) is 17.5. The van der Waals surface area contributed by atoms with Crippen LogP contribution in [0.3, 0.4) is 0 Å². The number of aryl methyl sites for hydroxylation is 1. The first-order chi connectivity index (χ1) is 12.1. The van der Waals surface area contributed by atoms with E-state index in [-0.39, 0.29) is 23.0 Å². The molecular weight excluding hydrogens is 324 g/mol. The van der Waals surface area contributed by atoms with Gasteiger partial charge in [-0.2, -0.15) is 5.10 Å². The molecule has 0 bridgehead atoms. The molecule has 25 heavy (non-hydrogen) atoms. The van der Waals surface area contributed by atoms with E-state index in [1.165, 1.54) is 6.92 Å². The van der Waals surface area contributed by atoms with Crippen LogP contribution in [0.1, 0.15) is 28.2 Å². The van der Waals surface area contributed by atoms with E-state index >= 15 is 0 Å². The molecular formula is C17H20N4O4. The van der Waals surface area contributed by atoms with Crippen LogP contribution in [0.5, 0.6) is 0 Å².